The number of ether oxygens (including phenoxy) is 1. The molecule has 3 aromatic rings. The maximum Gasteiger partial charge on any atom is 0.218 e. The number of Topliss-reactive ketones (excluding diaryl/α,β-unsaturated/α-hetero) is 1. The normalized spacial score (nSPS) is 10.3. The van der Waals surface area contributed by atoms with Crippen molar-refractivity contribution in [2.75, 3.05) is 6.61 Å². The first-order valence-corrected chi connectivity index (χ1v) is 6.65. The molecule has 0 spiro atoms. The Labute approximate surface area is 122 Å². The second-order valence-corrected chi connectivity index (χ2v) is 4.49. The van der Waals surface area contributed by atoms with Gasteiger partial charge in [-0.1, -0.05) is 36.4 Å². The molecule has 0 amide bonds. The lowest BCUT2D eigenvalue weighted by molar-refractivity contribution is 0.0913. The van der Waals surface area contributed by atoms with Gasteiger partial charge in [-0.25, -0.2) is 4.68 Å². The summed E-state index contributed by atoms with van der Waals surface area (Å²) in [5.41, 5.74) is 1.36. The molecule has 3 rings (SSSR count). The number of nitrogens with zero attached hydrogens (tertiary/aromatic N) is 2. The van der Waals surface area contributed by atoms with Crippen molar-refractivity contribution in [1.29, 1.82) is 0 Å². The molecule has 2 aromatic carbocycles. The summed E-state index contributed by atoms with van der Waals surface area (Å²) in [6.45, 7) is -0.0114. The number of rotatable bonds is 5. The van der Waals surface area contributed by atoms with Gasteiger partial charge >= 0.3 is 0 Å². The van der Waals surface area contributed by atoms with Gasteiger partial charge in [0.1, 0.15) is 11.4 Å². The monoisotopic (exact) mass is 278 g/mol. The Bertz CT molecular complexity index is 721. The van der Waals surface area contributed by atoms with Crippen molar-refractivity contribution in [2.24, 2.45) is 0 Å². The summed E-state index contributed by atoms with van der Waals surface area (Å²) in [5.74, 6) is 0.567. The molecule has 0 unspecified atom stereocenters. The second kappa shape index (κ2) is 6.05. The molecule has 0 fully saturated rings. The Kier molecular flexibility index (Phi) is 3.78. The Hall–Kier alpha value is -2.88. The van der Waals surface area contributed by atoms with E-state index >= 15 is 0 Å². The third-order valence-electron chi connectivity index (χ3n) is 3.04. The molecule has 104 valence electrons. The molecule has 0 bridgehead atoms. The van der Waals surface area contributed by atoms with Crippen LogP contribution in [-0.4, -0.2) is 22.2 Å². The maximum absolute atomic E-state index is 12.3. The molecule has 0 saturated carbocycles. The number of hydrogen-bond donors (Lipinski definition) is 0. The van der Waals surface area contributed by atoms with E-state index in [-0.39, 0.29) is 12.4 Å². The number of para-hydroxylation sites is 2. The van der Waals surface area contributed by atoms with Gasteiger partial charge in [0.2, 0.25) is 5.78 Å². The van der Waals surface area contributed by atoms with Crippen LogP contribution in [-0.2, 0) is 0 Å². The van der Waals surface area contributed by atoms with E-state index in [2.05, 4.69) is 5.10 Å². The summed E-state index contributed by atoms with van der Waals surface area (Å²) in [7, 11) is 0. The Balaban J connectivity index is 1.76. The molecular weight excluding hydrogens is 264 g/mol. The Morgan fingerprint density at radius 2 is 1.62 bits per heavy atom. The third kappa shape index (κ3) is 3.00. The van der Waals surface area contributed by atoms with Gasteiger partial charge in [0.05, 0.1) is 11.9 Å². The van der Waals surface area contributed by atoms with Crippen LogP contribution in [0, 0.1) is 0 Å². The highest BCUT2D eigenvalue weighted by Crippen LogP contribution is 2.12. The third-order valence-corrected chi connectivity index (χ3v) is 3.04. The predicted molar refractivity (Wildman–Crippen MR) is 79.8 cm³/mol. The quantitative estimate of drug-likeness (QED) is 0.673. The minimum Gasteiger partial charge on any atom is -0.485 e. The standard InChI is InChI=1S/C17H14N2O2/c20-17(13-21-15-9-5-2-6-10-15)16-11-12-18-19(16)14-7-3-1-4-8-14/h1-12H,13H2. The number of hydrogen-bond acceptors (Lipinski definition) is 3. The largest absolute Gasteiger partial charge is 0.485 e. The van der Waals surface area contributed by atoms with Crippen molar-refractivity contribution in [1.82, 2.24) is 9.78 Å². The summed E-state index contributed by atoms with van der Waals surface area (Å²) in [6.07, 6.45) is 1.61. The van der Waals surface area contributed by atoms with E-state index in [1.165, 1.54) is 0 Å². The molecule has 0 aliphatic carbocycles. The minimum absolute atomic E-state index is 0.0114. The predicted octanol–water partition coefficient (Wildman–Crippen LogP) is 3.13. The smallest absolute Gasteiger partial charge is 0.218 e. The van der Waals surface area contributed by atoms with E-state index in [4.69, 9.17) is 4.74 Å². The van der Waals surface area contributed by atoms with Crippen LogP contribution < -0.4 is 4.74 Å². The van der Waals surface area contributed by atoms with Gasteiger partial charge in [-0.3, -0.25) is 4.79 Å². The average Bonchev–Trinajstić information content (AvgIpc) is 3.04. The average molecular weight is 278 g/mol. The Morgan fingerprint density at radius 3 is 2.33 bits per heavy atom. The molecule has 0 aliphatic rings. The Morgan fingerprint density at radius 1 is 0.952 bits per heavy atom. The number of carbonyl (C=O) groups excluding carboxylic acids is 1. The SMILES string of the molecule is O=C(COc1ccccc1)c1ccnn1-c1ccccc1. The van der Waals surface area contributed by atoms with Gasteiger partial charge < -0.3 is 4.74 Å². The molecule has 0 radical (unpaired) electrons. The van der Waals surface area contributed by atoms with Crippen molar-refractivity contribution in [3.05, 3.63) is 78.6 Å². The van der Waals surface area contributed by atoms with Gasteiger partial charge in [-0.05, 0) is 30.3 Å². The lowest BCUT2D eigenvalue weighted by atomic mass is 10.2. The van der Waals surface area contributed by atoms with Crippen LogP contribution in [0.1, 0.15) is 10.5 Å². The number of benzene rings is 2. The molecule has 1 heterocycles. The van der Waals surface area contributed by atoms with Crippen LogP contribution in [0.2, 0.25) is 0 Å². The summed E-state index contributed by atoms with van der Waals surface area (Å²) >= 11 is 0. The zero-order valence-electron chi connectivity index (χ0n) is 11.3. The first-order chi connectivity index (χ1) is 10.3. The van der Waals surface area contributed by atoms with Crippen LogP contribution >= 0.6 is 0 Å². The zero-order valence-corrected chi connectivity index (χ0v) is 11.3. The van der Waals surface area contributed by atoms with Crippen molar-refractivity contribution < 1.29 is 9.53 Å². The van der Waals surface area contributed by atoms with Gasteiger partial charge in [-0.15, -0.1) is 0 Å². The number of aromatic nitrogens is 2. The van der Waals surface area contributed by atoms with Gasteiger partial charge in [0, 0.05) is 0 Å². The molecule has 0 saturated heterocycles. The van der Waals surface area contributed by atoms with Crippen molar-refractivity contribution in [2.45, 2.75) is 0 Å². The molecule has 4 nitrogen and oxygen atoms in total. The first-order valence-electron chi connectivity index (χ1n) is 6.65. The second-order valence-electron chi connectivity index (χ2n) is 4.49. The van der Waals surface area contributed by atoms with Crippen molar-refractivity contribution in [3.8, 4) is 11.4 Å². The first kappa shape index (κ1) is 13.1. The van der Waals surface area contributed by atoms with E-state index in [1.54, 1.807) is 16.9 Å². The summed E-state index contributed by atoms with van der Waals surface area (Å²) < 4.78 is 7.11. The zero-order chi connectivity index (χ0) is 14.5. The van der Waals surface area contributed by atoms with Gasteiger partial charge in [-0.2, -0.15) is 5.10 Å². The van der Waals surface area contributed by atoms with Crippen LogP contribution in [0.5, 0.6) is 5.75 Å². The number of ketones is 1. The summed E-state index contributed by atoms with van der Waals surface area (Å²) in [5, 5.41) is 4.20. The maximum atomic E-state index is 12.3. The fourth-order valence-corrected chi connectivity index (χ4v) is 2.03. The van der Waals surface area contributed by atoms with E-state index < -0.39 is 0 Å². The van der Waals surface area contributed by atoms with Crippen LogP contribution in [0.4, 0.5) is 0 Å². The molecule has 0 aliphatic heterocycles. The fourth-order valence-electron chi connectivity index (χ4n) is 2.03. The highest BCUT2D eigenvalue weighted by molar-refractivity contribution is 5.96. The highest BCUT2D eigenvalue weighted by atomic mass is 16.5. The van der Waals surface area contributed by atoms with Crippen LogP contribution in [0.15, 0.2) is 72.9 Å². The summed E-state index contributed by atoms with van der Waals surface area (Å²) in [4.78, 5) is 12.3. The molecule has 0 N–H and O–H groups in total. The van der Waals surface area contributed by atoms with Crippen LogP contribution in [0.3, 0.4) is 0 Å². The summed E-state index contributed by atoms with van der Waals surface area (Å²) in [6, 6.07) is 20.5. The fraction of sp³-hybridized carbons (Fsp3) is 0.0588. The molecule has 0 atom stereocenters. The van der Waals surface area contributed by atoms with Crippen LogP contribution in [0.25, 0.3) is 5.69 Å². The van der Waals surface area contributed by atoms with Gasteiger partial charge in [0.15, 0.2) is 6.61 Å². The van der Waals surface area contributed by atoms with E-state index in [0.29, 0.717) is 11.4 Å². The van der Waals surface area contributed by atoms with E-state index in [0.717, 1.165) is 5.69 Å². The minimum atomic E-state index is -0.111. The molecule has 4 heteroatoms. The lowest BCUT2D eigenvalue weighted by Crippen LogP contribution is -2.16. The van der Waals surface area contributed by atoms with Gasteiger partial charge in [0.25, 0.3) is 0 Å². The number of carbonyl (C=O) groups is 1. The lowest BCUT2D eigenvalue weighted by Gasteiger charge is -2.08. The molecule has 1 aromatic heterocycles. The molecular formula is C17H14N2O2. The highest BCUT2D eigenvalue weighted by Gasteiger charge is 2.13. The van der Waals surface area contributed by atoms with Crippen molar-refractivity contribution in [3.63, 3.8) is 0 Å². The van der Waals surface area contributed by atoms with E-state index in [1.807, 2.05) is 60.7 Å². The topological polar surface area (TPSA) is 44.1 Å². The molecule has 21 heavy (non-hydrogen) atoms. The van der Waals surface area contributed by atoms with Crippen molar-refractivity contribution >= 4 is 5.78 Å². The van der Waals surface area contributed by atoms with E-state index in [9.17, 15) is 4.79 Å².